The number of amides is 2. The van der Waals surface area contributed by atoms with E-state index >= 15 is 0 Å². The molecule has 150 valence electrons. The van der Waals surface area contributed by atoms with Crippen LogP contribution in [0.15, 0.2) is 53.7 Å². The summed E-state index contributed by atoms with van der Waals surface area (Å²) >= 11 is 1.34. The van der Waals surface area contributed by atoms with Crippen LogP contribution >= 0.6 is 11.8 Å². The van der Waals surface area contributed by atoms with E-state index in [-0.39, 0.29) is 24.1 Å². The standard InChI is InChI=1S/C21H23N5O2S/c1-16-5-7-17(8-6-16)26-19(27)14-23-21(26)29-15-20(28)25-12-10-24(11-13-25)18-4-2-3-9-22-18/h2-9H,10-15H2,1H3/p+1. The molecule has 2 aromatic rings. The number of H-pyrrole nitrogens is 1. The molecular weight excluding hydrogens is 386 g/mol. The summed E-state index contributed by atoms with van der Waals surface area (Å²) in [4.78, 5) is 38.3. The van der Waals surface area contributed by atoms with Crippen molar-refractivity contribution in [3.8, 4) is 0 Å². The maximum atomic E-state index is 12.7. The molecule has 7 nitrogen and oxygen atoms in total. The summed E-state index contributed by atoms with van der Waals surface area (Å²) < 4.78 is 0. The highest BCUT2D eigenvalue weighted by molar-refractivity contribution is 8.14. The van der Waals surface area contributed by atoms with Crippen molar-refractivity contribution in [1.29, 1.82) is 0 Å². The third kappa shape index (κ3) is 4.42. The first-order valence-corrected chi connectivity index (χ1v) is 10.7. The summed E-state index contributed by atoms with van der Waals surface area (Å²) in [5, 5.41) is 0.602. The third-order valence-corrected chi connectivity index (χ3v) is 6.03. The molecule has 1 aromatic heterocycles. The predicted octanol–water partition coefficient (Wildman–Crippen LogP) is 1.59. The first kappa shape index (κ1) is 19.4. The Kier molecular flexibility index (Phi) is 5.80. The van der Waals surface area contributed by atoms with Gasteiger partial charge in [-0.25, -0.2) is 4.98 Å². The van der Waals surface area contributed by atoms with Gasteiger partial charge in [-0.1, -0.05) is 35.5 Å². The zero-order valence-electron chi connectivity index (χ0n) is 16.4. The molecule has 2 aliphatic heterocycles. The maximum Gasteiger partial charge on any atom is 0.274 e. The minimum absolute atomic E-state index is 0.0588. The molecule has 0 atom stereocenters. The number of nitrogens with one attached hydrogen (secondary N) is 1. The summed E-state index contributed by atoms with van der Waals surface area (Å²) in [7, 11) is 0. The van der Waals surface area contributed by atoms with Crippen molar-refractivity contribution in [3.05, 3.63) is 54.2 Å². The summed E-state index contributed by atoms with van der Waals surface area (Å²) in [6, 6.07) is 13.8. The number of aromatic amines is 1. The minimum Gasteiger partial charge on any atom is -0.334 e. The van der Waals surface area contributed by atoms with Crippen LogP contribution in [-0.2, 0) is 9.59 Å². The van der Waals surface area contributed by atoms with Crippen LogP contribution in [0, 0.1) is 6.92 Å². The summed E-state index contributed by atoms with van der Waals surface area (Å²) in [6.45, 7) is 5.12. The van der Waals surface area contributed by atoms with Crippen molar-refractivity contribution in [2.75, 3.05) is 48.3 Å². The molecule has 1 aromatic carbocycles. The van der Waals surface area contributed by atoms with Gasteiger partial charge in [0.25, 0.3) is 11.7 Å². The van der Waals surface area contributed by atoms with Crippen LogP contribution in [0.3, 0.4) is 0 Å². The number of anilines is 2. The van der Waals surface area contributed by atoms with Crippen LogP contribution in [0.4, 0.5) is 11.5 Å². The number of rotatable bonds is 4. The molecule has 1 saturated heterocycles. The lowest BCUT2D eigenvalue weighted by molar-refractivity contribution is -0.364. The van der Waals surface area contributed by atoms with Crippen molar-refractivity contribution >= 4 is 40.2 Å². The number of thioether (sulfide) groups is 1. The number of benzene rings is 1. The lowest BCUT2D eigenvalue weighted by Crippen LogP contribution is -2.50. The summed E-state index contributed by atoms with van der Waals surface area (Å²) in [5.41, 5.74) is 1.93. The van der Waals surface area contributed by atoms with Gasteiger partial charge in [-0.05, 0) is 25.1 Å². The largest absolute Gasteiger partial charge is 0.334 e. The lowest BCUT2D eigenvalue weighted by atomic mass is 10.2. The Bertz CT molecular complexity index is 908. The normalized spacial score (nSPS) is 16.9. The van der Waals surface area contributed by atoms with Gasteiger partial charge in [0.05, 0.1) is 30.7 Å². The number of carbonyl (C=O) groups excluding carboxylic acids is 2. The summed E-state index contributed by atoms with van der Waals surface area (Å²) in [5.74, 6) is 1.38. The molecule has 1 N–H and O–H groups in total. The van der Waals surface area contributed by atoms with Crippen LogP contribution < -0.4 is 14.8 Å². The van der Waals surface area contributed by atoms with Crippen LogP contribution in [0.1, 0.15) is 5.56 Å². The van der Waals surface area contributed by atoms with Crippen LogP contribution in [-0.4, -0.2) is 60.4 Å². The number of hydrogen-bond acceptors (Lipinski definition) is 5. The average Bonchev–Trinajstić information content (AvgIpc) is 3.13. The molecule has 29 heavy (non-hydrogen) atoms. The third-order valence-electron chi connectivity index (χ3n) is 5.07. The van der Waals surface area contributed by atoms with Crippen molar-refractivity contribution in [2.45, 2.75) is 6.92 Å². The van der Waals surface area contributed by atoms with Gasteiger partial charge in [-0.3, -0.25) is 24.4 Å². The fourth-order valence-electron chi connectivity index (χ4n) is 3.44. The molecule has 0 radical (unpaired) electrons. The van der Waals surface area contributed by atoms with E-state index in [2.05, 4.69) is 14.9 Å². The van der Waals surface area contributed by atoms with Gasteiger partial charge in [-0.2, -0.15) is 0 Å². The number of amidine groups is 1. The van der Waals surface area contributed by atoms with Gasteiger partial charge in [0.2, 0.25) is 5.91 Å². The molecule has 1 fully saturated rings. The topological polar surface area (TPSA) is 70.4 Å². The average molecular weight is 411 g/mol. The number of aliphatic imine (C=N–C) groups is 1. The van der Waals surface area contributed by atoms with E-state index in [4.69, 9.17) is 0 Å². The first-order valence-electron chi connectivity index (χ1n) is 9.68. The van der Waals surface area contributed by atoms with Gasteiger partial charge in [-0.15, -0.1) is 0 Å². The second kappa shape index (κ2) is 8.65. The number of piperazine rings is 1. The van der Waals surface area contributed by atoms with E-state index < -0.39 is 0 Å². The molecule has 4 rings (SSSR count). The highest BCUT2D eigenvalue weighted by Gasteiger charge is 2.30. The van der Waals surface area contributed by atoms with Crippen LogP contribution in [0.5, 0.6) is 0 Å². The van der Waals surface area contributed by atoms with Gasteiger partial charge in [0.1, 0.15) is 19.6 Å². The number of aryl methyl sites for hydroxylation is 1. The maximum absolute atomic E-state index is 12.7. The lowest BCUT2D eigenvalue weighted by Gasteiger charge is -2.31. The monoisotopic (exact) mass is 410 g/mol. The van der Waals surface area contributed by atoms with Crippen molar-refractivity contribution in [2.24, 2.45) is 4.99 Å². The Labute approximate surface area is 174 Å². The molecule has 3 heterocycles. The molecule has 0 bridgehead atoms. The summed E-state index contributed by atoms with van der Waals surface area (Å²) in [6.07, 6.45) is 1.91. The number of aromatic nitrogens is 1. The van der Waals surface area contributed by atoms with Crippen molar-refractivity contribution in [3.63, 3.8) is 0 Å². The first-order chi connectivity index (χ1) is 14.1. The number of hydrogen-bond donors (Lipinski definition) is 0. The van der Waals surface area contributed by atoms with E-state index in [1.807, 2.05) is 60.5 Å². The highest BCUT2D eigenvalue weighted by atomic mass is 32.2. The Balaban J connectivity index is 1.31. The Morgan fingerprint density at radius 3 is 2.55 bits per heavy atom. The molecule has 8 heteroatoms. The van der Waals surface area contributed by atoms with Gasteiger partial charge in [0.15, 0.2) is 5.17 Å². The second-order valence-electron chi connectivity index (χ2n) is 7.07. The molecular formula is C21H24N5O2S+. The van der Waals surface area contributed by atoms with Gasteiger partial charge >= 0.3 is 0 Å². The molecule has 0 saturated carbocycles. The van der Waals surface area contributed by atoms with E-state index in [0.717, 1.165) is 30.2 Å². The van der Waals surface area contributed by atoms with Gasteiger partial charge in [0, 0.05) is 6.07 Å². The molecule has 0 aliphatic carbocycles. The van der Waals surface area contributed by atoms with Crippen LogP contribution in [0.25, 0.3) is 0 Å². The quantitative estimate of drug-likeness (QED) is 0.768. The van der Waals surface area contributed by atoms with E-state index in [1.54, 1.807) is 4.90 Å². The second-order valence-corrected chi connectivity index (χ2v) is 8.01. The Hall–Kier alpha value is -2.87. The number of carbonyl (C=O) groups is 2. The number of nitrogens with zero attached hydrogens (tertiary/aromatic N) is 4. The van der Waals surface area contributed by atoms with E-state index in [1.165, 1.54) is 11.8 Å². The van der Waals surface area contributed by atoms with E-state index in [9.17, 15) is 9.59 Å². The zero-order valence-corrected chi connectivity index (χ0v) is 17.2. The minimum atomic E-state index is -0.0588. The van der Waals surface area contributed by atoms with Crippen LogP contribution in [0.2, 0.25) is 0 Å². The smallest absolute Gasteiger partial charge is 0.274 e. The predicted molar refractivity (Wildman–Crippen MR) is 115 cm³/mol. The molecule has 2 aliphatic rings. The van der Waals surface area contributed by atoms with Crippen molar-refractivity contribution in [1.82, 2.24) is 4.90 Å². The molecule has 0 unspecified atom stereocenters. The molecule has 2 amide bonds. The Morgan fingerprint density at radius 2 is 1.86 bits per heavy atom. The SMILES string of the molecule is Cc1ccc(N2C(=O)CN=C2SCC(=O)N2CCN(c3cccc[nH+]3)CC2)cc1. The molecule has 0 spiro atoms. The Morgan fingerprint density at radius 1 is 1.10 bits per heavy atom. The zero-order chi connectivity index (χ0) is 20.2. The number of pyridine rings is 1. The fraction of sp³-hybridized carbons (Fsp3) is 0.333. The fourth-order valence-corrected chi connectivity index (χ4v) is 4.36. The van der Waals surface area contributed by atoms with Gasteiger partial charge < -0.3 is 4.90 Å². The van der Waals surface area contributed by atoms with E-state index in [0.29, 0.717) is 18.3 Å². The van der Waals surface area contributed by atoms with Crippen molar-refractivity contribution < 1.29 is 14.6 Å². The highest BCUT2D eigenvalue weighted by Crippen LogP contribution is 2.24.